The molecule has 0 radical (unpaired) electrons. The predicted octanol–water partition coefficient (Wildman–Crippen LogP) is 1.62. The number of nitrogen functional groups attached to an aromatic ring is 1. The van der Waals surface area contributed by atoms with Crippen molar-refractivity contribution in [2.45, 2.75) is 23.4 Å². The first-order valence-electron chi connectivity index (χ1n) is 2.94. The lowest BCUT2D eigenvalue weighted by Crippen LogP contribution is -1.87. The van der Waals surface area contributed by atoms with Gasteiger partial charge in [-0.05, 0) is 11.5 Å². The smallest absolute Gasteiger partial charge is 0.232 e. The van der Waals surface area contributed by atoms with Crippen LogP contribution < -0.4 is 5.73 Å². The third-order valence-corrected chi connectivity index (χ3v) is 2.56. The van der Waals surface area contributed by atoms with E-state index in [4.69, 9.17) is 5.73 Å². The van der Waals surface area contributed by atoms with Gasteiger partial charge in [-0.2, -0.15) is 9.36 Å². The minimum absolute atomic E-state index is 0.383. The maximum Gasteiger partial charge on any atom is 0.232 e. The Morgan fingerprint density at radius 3 is 2.70 bits per heavy atom. The van der Waals surface area contributed by atoms with Crippen LogP contribution in [-0.4, -0.2) is 14.6 Å². The molecule has 0 saturated heterocycles. The fourth-order valence-electron chi connectivity index (χ4n) is 0.470. The highest BCUT2D eigenvalue weighted by molar-refractivity contribution is 8.01. The number of thioether (sulfide) groups is 1. The number of nitrogens with two attached hydrogens (primary N) is 1. The van der Waals surface area contributed by atoms with E-state index in [0.29, 0.717) is 11.2 Å². The van der Waals surface area contributed by atoms with Gasteiger partial charge in [0, 0.05) is 5.25 Å². The molecule has 56 valence electrons. The molecule has 1 heterocycles. The summed E-state index contributed by atoms with van der Waals surface area (Å²) in [5.74, 6) is 0.383. The first kappa shape index (κ1) is 7.81. The molecule has 10 heavy (non-hydrogen) atoms. The highest BCUT2D eigenvalue weighted by atomic mass is 32.2. The van der Waals surface area contributed by atoms with Crippen LogP contribution in [0.15, 0.2) is 4.34 Å². The van der Waals surface area contributed by atoms with Crippen LogP contribution >= 0.6 is 23.3 Å². The number of hydrogen-bond acceptors (Lipinski definition) is 5. The highest BCUT2D eigenvalue weighted by Crippen LogP contribution is 2.24. The van der Waals surface area contributed by atoms with E-state index in [2.05, 4.69) is 23.2 Å². The molecule has 0 aromatic carbocycles. The molecule has 0 amide bonds. The van der Waals surface area contributed by atoms with Crippen molar-refractivity contribution in [2.24, 2.45) is 0 Å². The van der Waals surface area contributed by atoms with E-state index < -0.39 is 0 Å². The number of anilines is 1. The number of nitrogens with zero attached hydrogens (tertiary/aromatic N) is 2. The number of rotatable bonds is 2. The molecule has 2 N–H and O–H groups in total. The molecule has 0 aliphatic rings. The first-order chi connectivity index (χ1) is 4.68. The Morgan fingerprint density at radius 1 is 1.60 bits per heavy atom. The van der Waals surface area contributed by atoms with Gasteiger partial charge < -0.3 is 5.73 Å². The molecule has 0 unspecified atom stereocenters. The third kappa shape index (κ3) is 2.15. The Bertz CT molecular complexity index is 208. The van der Waals surface area contributed by atoms with E-state index in [9.17, 15) is 0 Å². The van der Waals surface area contributed by atoms with Crippen LogP contribution in [0.5, 0.6) is 0 Å². The van der Waals surface area contributed by atoms with E-state index in [1.54, 1.807) is 11.8 Å². The predicted molar refractivity (Wildman–Crippen MR) is 45.3 cm³/mol. The van der Waals surface area contributed by atoms with Crippen molar-refractivity contribution in [3.63, 3.8) is 0 Å². The second kappa shape index (κ2) is 3.21. The van der Waals surface area contributed by atoms with Gasteiger partial charge in [0.05, 0.1) is 0 Å². The lowest BCUT2D eigenvalue weighted by Gasteiger charge is -1.96. The van der Waals surface area contributed by atoms with Gasteiger partial charge in [0.25, 0.3) is 0 Å². The maximum absolute atomic E-state index is 5.33. The minimum atomic E-state index is 0.383. The van der Waals surface area contributed by atoms with Crippen molar-refractivity contribution in [3.05, 3.63) is 0 Å². The normalized spacial score (nSPS) is 10.7. The second-order valence-corrected chi connectivity index (χ2v) is 4.66. The van der Waals surface area contributed by atoms with Crippen LogP contribution in [0.1, 0.15) is 13.8 Å². The number of aromatic nitrogens is 2. The van der Waals surface area contributed by atoms with Crippen LogP contribution in [0.3, 0.4) is 0 Å². The minimum Gasteiger partial charge on any atom is -0.367 e. The van der Waals surface area contributed by atoms with Crippen molar-refractivity contribution < 1.29 is 0 Å². The van der Waals surface area contributed by atoms with Crippen LogP contribution in [0.2, 0.25) is 0 Å². The number of hydrogen-bond donors (Lipinski definition) is 1. The summed E-state index contributed by atoms with van der Waals surface area (Å²) in [7, 11) is 0. The summed E-state index contributed by atoms with van der Waals surface area (Å²) in [6.45, 7) is 4.23. The topological polar surface area (TPSA) is 51.8 Å². The average molecular weight is 175 g/mol. The fourth-order valence-corrected chi connectivity index (χ4v) is 2.23. The molecule has 0 atom stereocenters. The summed E-state index contributed by atoms with van der Waals surface area (Å²) in [5.41, 5.74) is 5.33. The molecule has 0 saturated carbocycles. The van der Waals surface area contributed by atoms with Crippen molar-refractivity contribution in [3.8, 4) is 0 Å². The molecule has 1 rings (SSSR count). The van der Waals surface area contributed by atoms with Crippen LogP contribution in [0, 0.1) is 0 Å². The van der Waals surface area contributed by atoms with Crippen molar-refractivity contribution >= 4 is 29.2 Å². The van der Waals surface area contributed by atoms with Crippen LogP contribution in [0.4, 0.5) is 5.95 Å². The molecule has 0 bridgehead atoms. The van der Waals surface area contributed by atoms with E-state index >= 15 is 0 Å². The summed E-state index contributed by atoms with van der Waals surface area (Å²) >= 11 is 3.04. The van der Waals surface area contributed by atoms with Crippen molar-refractivity contribution in [1.82, 2.24) is 9.36 Å². The monoisotopic (exact) mass is 175 g/mol. The molecule has 3 nitrogen and oxygen atoms in total. The zero-order valence-electron chi connectivity index (χ0n) is 5.87. The van der Waals surface area contributed by atoms with Gasteiger partial charge in [0.1, 0.15) is 0 Å². The highest BCUT2D eigenvalue weighted by Gasteiger charge is 2.02. The Morgan fingerprint density at radius 2 is 2.30 bits per heavy atom. The van der Waals surface area contributed by atoms with Crippen LogP contribution in [-0.2, 0) is 0 Å². The fraction of sp³-hybridized carbons (Fsp3) is 0.600. The average Bonchev–Trinajstić information content (AvgIpc) is 2.13. The largest absolute Gasteiger partial charge is 0.367 e. The summed E-state index contributed by atoms with van der Waals surface area (Å²) in [6, 6.07) is 0. The first-order valence-corrected chi connectivity index (χ1v) is 4.59. The van der Waals surface area contributed by atoms with Gasteiger partial charge in [-0.1, -0.05) is 25.6 Å². The zero-order chi connectivity index (χ0) is 7.56. The molecule has 0 aliphatic carbocycles. The summed E-state index contributed by atoms with van der Waals surface area (Å²) < 4.78 is 4.81. The van der Waals surface area contributed by atoms with E-state index in [1.165, 1.54) is 11.5 Å². The standard InChI is InChI=1S/C5H9N3S2/c1-3(2)9-5-7-4(6)8-10-5/h3H,1-2H3,(H2,6,8). The summed E-state index contributed by atoms with van der Waals surface area (Å²) in [5, 5.41) is 0.548. The lowest BCUT2D eigenvalue weighted by atomic mass is 10.6. The van der Waals surface area contributed by atoms with Gasteiger partial charge in [-0.3, -0.25) is 0 Å². The lowest BCUT2D eigenvalue weighted by molar-refractivity contribution is 1.10. The van der Waals surface area contributed by atoms with Gasteiger partial charge in [0.2, 0.25) is 5.95 Å². The second-order valence-electron chi connectivity index (χ2n) is 2.09. The molecule has 5 heteroatoms. The van der Waals surface area contributed by atoms with E-state index in [0.717, 1.165) is 4.34 Å². The molecule has 1 aromatic rings. The Balaban J connectivity index is 2.58. The SMILES string of the molecule is CC(C)Sc1nc(N)ns1. The van der Waals surface area contributed by atoms with E-state index in [1.807, 2.05) is 0 Å². The maximum atomic E-state index is 5.33. The summed E-state index contributed by atoms with van der Waals surface area (Å²) in [6.07, 6.45) is 0. The van der Waals surface area contributed by atoms with Gasteiger partial charge in [-0.25, -0.2) is 0 Å². The molecule has 0 aliphatic heterocycles. The zero-order valence-corrected chi connectivity index (χ0v) is 7.50. The van der Waals surface area contributed by atoms with E-state index in [-0.39, 0.29) is 0 Å². The quantitative estimate of drug-likeness (QED) is 0.694. The van der Waals surface area contributed by atoms with Crippen molar-refractivity contribution in [1.29, 1.82) is 0 Å². The molecule has 0 fully saturated rings. The Hall–Kier alpha value is -0.290. The van der Waals surface area contributed by atoms with Gasteiger partial charge >= 0.3 is 0 Å². The summed E-state index contributed by atoms with van der Waals surface area (Å²) in [4.78, 5) is 4.00. The van der Waals surface area contributed by atoms with Crippen molar-refractivity contribution in [2.75, 3.05) is 5.73 Å². The Kier molecular flexibility index (Phi) is 2.50. The molecular formula is C5H9N3S2. The third-order valence-electron chi connectivity index (χ3n) is 0.760. The molecular weight excluding hydrogens is 166 g/mol. The van der Waals surface area contributed by atoms with Gasteiger partial charge in [-0.15, -0.1) is 0 Å². The van der Waals surface area contributed by atoms with Crippen LogP contribution in [0.25, 0.3) is 0 Å². The Labute approximate surface area is 68.2 Å². The van der Waals surface area contributed by atoms with Gasteiger partial charge in [0.15, 0.2) is 4.34 Å². The molecule has 1 aromatic heterocycles. The molecule has 0 spiro atoms.